The molecule has 2 N–H and O–H groups in total. The Morgan fingerprint density at radius 3 is 2.84 bits per heavy atom. The van der Waals surface area contributed by atoms with Crippen LogP contribution in [0, 0.1) is 11.8 Å². The number of rotatable bonds is 5. The van der Waals surface area contributed by atoms with E-state index in [0.29, 0.717) is 24.4 Å². The Balaban J connectivity index is 2.27. The summed E-state index contributed by atoms with van der Waals surface area (Å²) in [5.41, 5.74) is 8.85. The number of para-hydroxylation sites is 1. The summed E-state index contributed by atoms with van der Waals surface area (Å²) < 4.78 is 5.31. The molecule has 0 bridgehead atoms. The Hall–Kier alpha value is -1.06. The molecule has 1 aromatic carbocycles. The highest BCUT2D eigenvalue weighted by Crippen LogP contribution is 2.32. The van der Waals surface area contributed by atoms with E-state index in [-0.39, 0.29) is 0 Å². The van der Waals surface area contributed by atoms with Gasteiger partial charge in [-0.1, -0.05) is 32.0 Å². The van der Waals surface area contributed by atoms with E-state index in [1.807, 2.05) is 0 Å². The minimum Gasteiger partial charge on any atom is -0.384 e. The first kappa shape index (κ1) is 14.4. The van der Waals surface area contributed by atoms with Gasteiger partial charge in [-0.15, -0.1) is 0 Å². The van der Waals surface area contributed by atoms with Crippen LogP contribution in [0.1, 0.15) is 19.4 Å². The minimum absolute atomic E-state index is 0.351. The molecule has 1 aromatic rings. The number of ether oxygens (including phenoxy) is 1. The second-order valence-corrected chi connectivity index (χ2v) is 5.83. The molecule has 0 saturated heterocycles. The lowest BCUT2D eigenvalue weighted by Gasteiger charge is -2.42. The molecule has 3 heteroatoms. The molecule has 0 spiro atoms. The Morgan fingerprint density at radius 1 is 1.42 bits per heavy atom. The highest BCUT2D eigenvalue weighted by atomic mass is 16.5. The SMILES string of the molecule is COCC(C)C(CN)N1CC(C)Cc2ccccc21. The van der Waals surface area contributed by atoms with E-state index in [9.17, 15) is 0 Å². The van der Waals surface area contributed by atoms with Gasteiger partial charge in [-0.2, -0.15) is 0 Å². The number of nitrogens with two attached hydrogens (primary N) is 1. The van der Waals surface area contributed by atoms with Crippen molar-refractivity contribution in [1.29, 1.82) is 0 Å². The summed E-state index contributed by atoms with van der Waals surface area (Å²) in [6, 6.07) is 9.07. The predicted octanol–water partition coefficient (Wildman–Crippen LogP) is 2.29. The van der Waals surface area contributed by atoms with Crippen LogP contribution in [0.3, 0.4) is 0 Å². The highest BCUT2D eigenvalue weighted by molar-refractivity contribution is 5.56. The van der Waals surface area contributed by atoms with Crippen LogP contribution in [-0.4, -0.2) is 32.8 Å². The van der Waals surface area contributed by atoms with Gasteiger partial charge in [0, 0.05) is 37.8 Å². The van der Waals surface area contributed by atoms with Gasteiger partial charge in [0.2, 0.25) is 0 Å². The molecule has 0 aromatic heterocycles. The summed E-state index contributed by atoms with van der Waals surface area (Å²) in [4.78, 5) is 2.49. The highest BCUT2D eigenvalue weighted by Gasteiger charge is 2.29. The Kier molecular flexibility index (Phi) is 4.83. The molecule has 3 nitrogen and oxygen atoms in total. The van der Waals surface area contributed by atoms with Crippen molar-refractivity contribution in [3.8, 4) is 0 Å². The van der Waals surface area contributed by atoms with Crippen molar-refractivity contribution in [2.24, 2.45) is 17.6 Å². The van der Waals surface area contributed by atoms with Crippen molar-refractivity contribution >= 4 is 5.69 Å². The molecule has 0 aliphatic carbocycles. The number of nitrogens with zero attached hydrogens (tertiary/aromatic N) is 1. The van der Waals surface area contributed by atoms with Crippen LogP contribution in [0.2, 0.25) is 0 Å². The van der Waals surface area contributed by atoms with Crippen LogP contribution >= 0.6 is 0 Å². The van der Waals surface area contributed by atoms with E-state index >= 15 is 0 Å². The maximum Gasteiger partial charge on any atom is 0.0507 e. The van der Waals surface area contributed by atoms with Gasteiger partial charge in [0.1, 0.15) is 0 Å². The fraction of sp³-hybridized carbons (Fsp3) is 0.625. The predicted molar refractivity (Wildman–Crippen MR) is 80.5 cm³/mol. The summed E-state index contributed by atoms with van der Waals surface area (Å²) >= 11 is 0. The first-order chi connectivity index (χ1) is 9.17. The minimum atomic E-state index is 0.351. The fourth-order valence-electron chi connectivity index (χ4n) is 3.19. The number of fused-ring (bicyclic) bond motifs is 1. The molecule has 1 aliphatic heterocycles. The number of methoxy groups -OCH3 is 1. The van der Waals surface area contributed by atoms with Crippen molar-refractivity contribution in [3.05, 3.63) is 29.8 Å². The molecular weight excluding hydrogens is 236 g/mol. The lowest BCUT2D eigenvalue weighted by molar-refractivity contribution is 0.145. The van der Waals surface area contributed by atoms with Crippen LogP contribution in [0.4, 0.5) is 5.69 Å². The van der Waals surface area contributed by atoms with Gasteiger partial charge in [0.25, 0.3) is 0 Å². The Bertz CT molecular complexity index is 407. The standard InChI is InChI=1S/C16H26N2O/c1-12-8-14-6-4-5-7-15(14)18(10-12)16(9-17)13(2)11-19-3/h4-7,12-13,16H,8-11,17H2,1-3H3. The van der Waals surface area contributed by atoms with Gasteiger partial charge >= 0.3 is 0 Å². The van der Waals surface area contributed by atoms with Gasteiger partial charge < -0.3 is 15.4 Å². The van der Waals surface area contributed by atoms with Crippen LogP contribution in [0.5, 0.6) is 0 Å². The fourth-order valence-corrected chi connectivity index (χ4v) is 3.19. The van der Waals surface area contributed by atoms with Gasteiger partial charge in [-0.25, -0.2) is 0 Å². The molecule has 106 valence electrons. The number of hydrogen-bond donors (Lipinski definition) is 1. The molecule has 0 saturated carbocycles. The van der Waals surface area contributed by atoms with Gasteiger partial charge in [-0.05, 0) is 24.0 Å². The first-order valence-electron chi connectivity index (χ1n) is 7.21. The lowest BCUT2D eigenvalue weighted by atomic mass is 9.90. The second-order valence-electron chi connectivity index (χ2n) is 5.83. The Morgan fingerprint density at radius 2 is 2.16 bits per heavy atom. The van der Waals surface area contributed by atoms with E-state index in [1.165, 1.54) is 17.7 Å². The quantitative estimate of drug-likeness (QED) is 0.885. The maximum atomic E-state index is 6.04. The van der Waals surface area contributed by atoms with Crippen molar-refractivity contribution in [3.63, 3.8) is 0 Å². The van der Waals surface area contributed by atoms with Crippen LogP contribution in [0.25, 0.3) is 0 Å². The Labute approximate surface area is 116 Å². The summed E-state index contributed by atoms with van der Waals surface area (Å²) in [7, 11) is 1.76. The third-order valence-corrected chi connectivity index (χ3v) is 4.11. The average molecular weight is 262 g/mol. The van der Waals surface area contributed by atoms with Crippen LogP contribution < -0.4 is 10.6 Å². The molecule has 3 atom stereocenters. The van der Waals surface area contributed by atoms with E-state index in [1.54, 1.807) is 7.11 Å². The van der Waals surface area contributed by atoms with Gasteiger partial charge in [0.05, 0.1) is 6.61 Å². The molecule has 0 fully saturated rings. The second kappa shape index (κ2) is 6.40. The summed E-state index contributed by atoms with van der Waals surface area (Å²) in [5, 5.41) is 0. The summed E-state index contributed by atoms with van der Waals surface area (Å²) in [6.07, 6.45) is 1.17. The van der Waals surface area contributed by atoms with E-state index < -0.39 is 0 Å². The average Bonchev–Trinajstić information content (AvgIpc) is 2.39. The molecule has 1 heterocycles. The number of anilines is 1. The molecule has 19 heavy (non-hydrogen) atoms. The monoisotopic (exact) mass is 262 g/mol. The largest absolute Gasteiger partial charge is 0.384 e. The third kappa shape index (κ3) is 3.10. The van der Waals surface area contributed by atoms with Crippen molar-refractivity contribution in [2.45, 2.75) is 26.3 Å². The van der Waals surface area contributed by atoms with Gasteiger partial charge in [0.15, 0.2) is 0 Å². The molecule has 2 rings (SSSR count). The zero-order valence-electron chi connectivity index (χ0n) is 12.3. The zero-order valence-corrected chi connectivity index (χ0v) is 12.3. The molecule has 1 aliphatic rings. The van der Waals surface area contributed by atoms with Crippen molar-refractivity contribution in [2.75, 3.05) is 31.7 Å². The molecule has 3 unspecified atom stereocenters. The van der Waals surface area contributed by atoms with Crippen molar-refractivity contribution < 1.29 is 4.74 Å². The zero-order chi connectivity index (χ0) is 13.8. The van der Waals surface area contributed by atoms with Crippen molar-refractivity contribution in [1.82, 2.24) is 0 Å². The summed E-state index contributed by atoms with van der Waals surface area (Å²) in [5.74, 6) is 1.12. The smallest absolute Gasteiger partial charge is 0.0507 e. The van der Waals surface area contributed by atoms with Crippen LogP contribution in [-0.2, 0) is 11.2 Å². The van der Waals surface area contributed by atoms with E-state index in [0.717, 1.165) is 13.2 Å². The number of hydrogen-bond acceptors (Lipinski definition) is 3. The van der Waals surface area contributed by atoms with Crippen LogP contribution in [0.15, 0.2) is 24.3 Å². The normalized spacial score (nSPS) is 21.9. The molecule has 0 amide bonds. The molecular formula is C16H26N2O. The maximum absolute atomic E-state index is 6.04. The topological polar surface area (TPSA) is 38.5 Å². The first-order valence-corrected chi connectivity index (χ1v) is 7.21. The van der Waals surface area contributed by atoms with Gasteiger partial charge in [-0.3, -0.25) is 0 Å². The van der Waals surface area contributed by atoms with E-state index in [4.69, 9.17) is 10.5 Å². The summed E-state index contributed by atoms with van der Waals surface area (Å²) in [6.45, 7) is 7.06. The third-order valence-electron chi connectivity index (χ3n) is 4.11. The lowest BCUT2D eigenvalue weighted by Crippen LogP contribution is -2.50. The molecule has 0 radical (unpaired) electrons. The number of benzene rings is 1. The van der Waals surface area contributed by atoms with E-state index in [2.05, 4.69) is 43.0 Å².